The molecule has 1 heterocycles. The highest BCUT2D eigenvalue weighted by atomic mass is 28.3. The molecule has 0 saturated heterocycles. The molecule has 1 atom stereocenters. The maximum Gasteiger partial charge on any atom is 0.415 e. The van der Waals surface area contributed by atoms with Crippen molar-refractivity contribution < 1.29 is 19.1 Å². The fourth-order valence-corrected chi connectivity index (χ4v) is 4.10. The predicted octanol–water partition coefficient (Wildman–Crippen LogP) is 5.76. The zero-order valence-electron chi connectivity index (χ0n) is 22.1. The van der Waals surface area contributed by atoms with E-state index in [0.717, 1.165) is 16.7 Å². The summed E-state index contributed by atoms with van der Waals surface area (Å²) in [6.45, 7) is 13.2. The summed E-state index contributed by atoms with van der Waals surface area (Å²) in [7, 11) is -0.459. The summed E-state index contributed by atoms with van der Waals surface area (Å²) in [5, 5.41) is 0.142. The second kappa shape index (κ2) is 12.2. The zero-order valence-corrected chi connectivity index (χ0v) is 23.1. The van der Waals surface area contributed by atoms with E-state index in [-0.39, 0.29) is 11.6 Å². The Morgan fingerprint density at radius 3 is 2.50 bits per heavy atom. The standard InChI is InChI=1S/C30H33NO4Si/c1-9-23-24(18-16-22-36(7,8)30(3,4)5)25-17-13-14-20-27(25)31(29(33)34-6)26(23)19-12-11-15-21-35-28(32)10-2/h2,9,11,13-15,17-18,20,26H,21H2,1,3-8H3/b15-11-,23-9-,24-18-. The summed E-state index contributed by atoms with van der Waals surface area (Å²) >= 11 is 0. The number of nitrogens with zero attached hydrogens (tertiary/aromatic N) is 1. The van der Waals surface area contributed by atoms with E-state index in [1.807, 2.05) is 49.3 Å². The predicted molar refractivity (Wildman–Crippen MR) is 149 cm³/mol. The Morgan fingerprint density at radius 2 is 1.89 bits per heavy atom. The second-order valence-corrected chi connectivity index (χ2v) is 14.6. The molecule has 5 nitrogen and oxygen atoms in total. The molecule has 0 saturated carbocycles. The SMILES string of the molecule is C#CC(=O)OC/C=C\C#CC1C(=C\C)/C(=C/C#C[Si](C)(C)C(C)(C)C)c2ccccc2N1C(=O)OC. The number of hydrogen-bond acceptors (Lipinski definition) is 4. The molecule has 0 radical (unpaired) electrons. The minimum Gasteiger partial charge on any atom is -0.452 e. The molecule has 0 aromatic heterocycles. The quantitative estimate of drug-likeness (QED) is 0.225. The second-order valence-electron chi connectivity index (χ2n) is 9.64. The van der Waals surface area contributed by atoms with Crippen LogP contribution in [0.1, 0.15) is 33.3 Å². The van der Waals surface area contributed by atoms with Crippen LogP contribution in [-0.2, 0) is 14.3 Å². The number of allylic oxidation sites excluding steroid dienone is 3. The summed E-state index contributed by atoms with van der Waals surface area (Å²) in [4.78, 5) is 25.5. The van der Waals surface area contributed by atoms with E-state index in [4.69, 9.17) is 15.9 Å². The molecule has 0 aliphatic carbocycles. The number of anilines is 1. The van der Waals surface area contributed by atoms with E-state index in [1.165, 1.54) is 7.11 Å². The van der Waals surface area contributed by atoms with Crippen LogP contribution in [0.3, 0.4) is 0 Å². The highest BCUT2D eigenvalue weighted by Gasteiger charge is 2.37. The van der Waals surface area contributed by atoms with Crippen molar-refractivity contribution in [1.29, 1.82) is 0 Å². The number of terminal acetylenes is 1. The van der Waals surface area contributed by atoms with Gasteiger partial charge in [0.15, 0.2) is 0 Å². The van der Waals surface area contributed by atoms with Gasteiger partial charge in [0, 0.05) is 11.5 Å². The van der Waals surface area contributed by atoms with Crippen molar-refractivity contribution in [2.75, 3.05) is 18.6 Å². The van der Waals surface area contributed by atoms with Gasteiger partial charge in [0.25, 0.3) is 0 Å². The third kappa shape index (κ3) is 6.60. The molecule has 2 rings (SSSR count). The first-order valence-corrected chi connectivity index (χ1v) is 14.6. The van der Waals surface area contributed by atoms with Crippen molar-refractivity contribution >= 4 is 31.4 Å². The van der Waals surface area contributed by atoms with Gasteiger partial charge < -0.3 is 9.47 Å². The third-order valence-corrected chi connectivity index (χ3v) is 10.8. The van der Waals surface area contributed by atoms with Gasteiger partial charge in [0.2, 0.25) is 0 Å². The maximum atomic E-state index is 12.9. The lowest BCUT2D eigenvalue weighted by Crippen LogP contribution is -2.44. The Kier molecular flexibility index (Phi) is 9.57. The lowest BCUT2D eigenvalue weighted by molar-refractivity contribution is -0.135. The Bertz CT molecular complexity index is 1260. The summed E-state index contributed by atoms with van der Waals surface area (Å²) in [5.41, 5.74) is 6.89. The number of ether oxygens (including phenoxy) is 2. The Labute approximate surface area is 216 Å². The highest BCUT2D eigenvalue weighted by Crippen LogP contribution is 2.41. The Hall–Kier alpha value is -3.92. The topological polar surface area (TPSA) is 55.8 Å². The number of carbonyl (C=O) groups is 2. The van der Waals surface area contributed by atoms with Crippen LogP contribution < -0.4 is 4.90 Å². The zero-order chi connectivity index (χ0) is 26.9. The van der Waals surface area contributed by atoms with Gasteiger partial charge in [-0.3, -0.25) is 4.90 Å². The molecule has 0 fully saturated rings. The molecule has 6 heteroatoms. The average molecular weight is 500 g/mol. The number of fused-ring (bicyclic) bond motifs is 1. The summed E-state index contributed by atoms with van der Waals surface area (Å²) in [6, 6.07) is 7.05. The van der Waals surface area contributed by atoms with Crippen molar-refractivity contribution in [3.8, 4) is 35.6 Å². The first-order valence-electron chi connectivity index (χ1n) is 11.6. The van der Waals surface area contributed by atoms with Gasteiger partial charge in [-0.25, -0.2) is 9.59 Å². The minimum atomic E-state index is -1.81. The van der Waals surface area contributed by atoms with E-state index in [9.17, 15) is 9.59 Å². The number of methoxy groups -OCH3 is 1. The lowest BCUT2D eigenvalue weighted by atomic mass is 9.85. The fourth-order valence-electron chi connectivity index (χ4n) is 3.29. The van der Waals surface area contributed by atoms with Crippen LogP contribution >= 0.6 is 0 Å². The molecule has 1 amide bonds. The van der Waals surface area contributed by atoms with Crippen LogP contribution in [0.15, 0.2) is 54.1 Å². The molecule has 0 spiro atoms. The Balaban J connectivity index is 2.60. The molecule has 1 aromatic carbocycles. The van der Waals surface area contributed by atoms with Gasteiger partial charge in [-0.15, -0.1) is 12.0 Å². The molecule has 36 heavy (non-hydrogen) atoms. The number of amides is 1. The third-order valence-electron chi connectivity index (χ3n) is 6.33. The number of esters is 1. The normalized spacial score (nSPS) is 17.4. The summed E-state index contributed by atoms with van der Waals surface area (Å²) in [5.74, 6) is 10.6. The number of para-hydroxylation sites is 1. The van der Waals surface area contributed by atoms with Crippen molar-refractivity contribution in [3.63, 3.8) is 0 Å². The molecule has 1 aliphatic heterocycles. The van der Waals surface area contributed by atoms with E-state index in [0.29, 0.717) is 5.69 Å². The van der Waals surface area contributed by atoms with Crippen molar-refractivity contribution in [3.05, 3.63) is 59.7 Å². The van der Waals surface area contributed by atoms with Gasteiger partial charge in [-0.2, -0.15) is 0 Å². The van der Waals surface area contributed by atoms with Crippen LogP contribution in [0.2, 0.25) is 18.1 Å². The van der Waals surface area contributed by atoms with E-state index in [1.54, 1.807) is 17.1 Å². The van der Waals surface area contributed by atoms with E-state index < -0.39 is 26.2 Å². The first kappa shape index (κ1) is 28.3. The van der Waals surface area contributed by atoms with Gasteiger partial charge in [-0.1, -0.05) is 75.9 Å². The first-order chi connectivity index (χ1) is 17.0. The van der Waals surface area contributed by atoms with Crippen LogP contribution in [0, 0.1) is 35.6 Å². The van der Waals surface area contributed by atoms with Gasteiger partial charge in [-0.05, 0) is 47.4 Å². The number of hydrogen-bond donors (Lipinski definition) is 0. The summed E-state index contributed by atoms with van der Waals surface area (Å²) < 4.78 is 9.92. The summed E-state index contributed by atoms with van der Waals surface area (Å²) in [6.07, 6.45) is 11.5. The molecule has 0 N–H and O–H groups in total. The average Bonchev–Trinajstić information content (AvgIpc) is 2.84. The smallest absolute Gasteiger partial charge is 0.415 e. The number of carbonyl (C=O) groups excluding carboxylic acids is 2. The minimum absolute atomic E-state index is 0.0105. The molecule has 0 bridgehead atoms. The molecule has 186 valence electrons. The maximum absolute atomic E-state index is 12.9. The van der Waals surface area contributed by atoms with E-state index >= 15 is 0 Å². The molecule has 1 aliphatic rings. The highest BCUT2D eigenvalue weighted by molar-refractivity contribution is 6.87. The van der Waals surface area contributed by atoms with Gasteiger partial charge in [0.05, 0.1) is 12.8 Å². The molecule has 1 aromatic rings. The fraction of sp³-hybridized carbons (Fsp3) is 0.333. The van der Waals surface area contributed by atoms with Crippen LogP contribution in [0.25, 0.3) is 5.57 Å². The molecule has 1 unspecified atom stereocenters. The lowest BCUT2D eigenvalue weighted by Gasteiger charge is -2.36. The van der Waals surface area contributed by atoms with Gasteiger partial charge >= 0.3 is 12.1 Å². The van der Waals surface area contributed by atoms with Crippen molar-refractivity contribution in [1.82, 2.24) is 0 Å². The van der Waals surface area contributed by atoms with Gasteiger partial charge in [0.1, 0.15) is 20.7 Å². The molecular weight excluding hydrogens is 466 g/mol. The van der Waals surface area contributed by atoms with Crippen molar-refractivity contribution in [2.24, 2.45) is 0 Å². The van der Waals surface area contributed by atoms with E-state index in [2.05, 4.69) is 57.2 Å². The van der Waals surface area contributed by atoms with Crippen LogP contribution in [-0.4, -0.2) is 39.9 Å². The monoisotopic (exact) mass is 499 g/mol. The Morgan fingerprint density at radius 1 is 1.19 bits per heavy atom. The van der Waals surface area contributed by atoms with Crippen LogP contribution in [0.4, 0.5) is 10.5 Å². The largest absolute Gasteiger partial charge is 0.452 e. The number of benzene rings is 1. The molecular formula is C30H33NO4Si. The van der Waals surface area contributed by atoms with Crippen LogP contribution in [0.5, 0.6) is 0 Å². The number of rotatable bonds is 2. The van der Waals surface area contributed by atoms with Crippen molar-refractivity contribution in [2.45, 2.75) is 51.9 Å².